The van der Waals surface area contributed by atoms with E-state index in [1.807, 2.05) is 0 Å². The van der Waals surface area contributed by atoms with Crippen molar-refractivity contribution in [3.05, 3.63) is 12.4 Å². The Hall–Kier alpha value is -0.870. The van der Waals surface area contributed by atoms with Crippen molar-refractivity contribution < 1.29 is 25.9 Å². The SMILES string of the molecule is C=C(N)N.N=C(N)N.O=S(=O)(O)CCCS.O=S(=O)(O)CCCS. The fourth-order valence-electron chi connectivity index (χ4n) is 0.494. The van der Waals surface area contributed by atoms with Crippen LogP contribution < -0.4 is 22.9 Å². The lowest BCUT2D eigenvalue weighted by Crippen LogP contribution is -2.20. The average molecular weight is 430 g/mol. The lowest BCUT2D eigenvalue weighted by Gasteiger charge is -1.89. The van der Waals surface area contributed by atoms with Gasteiger partial charge in [-0.2, -0.15) is 42.1 Å². The van der Waals surface area contributed by atoms with Gasteiger partial charge in [0, 0.05) is 0 Å². The predicted molar refractivity (Wildman–Crippen MR) is 103 cm³/mol. The average Bonchev–Trinajstić information content (AvgIpc) is 2.31. The van der Waals surface area contributed by atoms with E-state index >= 15 is 0 Å². The molecule has 0 heterocycles. The molecule has 0 spiro atoms. The van der Waals surface area contributed by atoms with E-state index in [4.69, 9.17) is 26.0 Å². The van der Waals surface area contributed by atoms with Crippen LogP contribution in [0, 0.1) is 5.41 Å². The first-order chi connectivity index (χ1) is 10.6. The monoisotopic (exact) mass is 429 g/mol. The van der Waals surface area contributed by atoms with Crippen LogP contribution in [-0.2, 0) is 20.2 Å². The Labute approximate surface area is 154 Å². The molecule has 0 saturated carbocycles. The van der Waals surface area contributed by atoms with Crippen molar-refractivity contribution in [2.45, 2.75) is 12.8 Å². The summed E-state index contributed by atoms with van der Waals surface area (Å²) in [4.78, 5) is 0. The third kappa shape index (κ3) is 103. The number of thiol groups is 2. The maximum Gasteiger partial charge on any atom is 0.264 e. The molecule has 0 rings (SSSR count). The number of guanidine groups is 1. The zero-order chi connectivity index (χ0) is 20.4. The molecule has 24 heavy (non-hydrogen) atoms. The van der Waals surface area contributed by atoms with Crippen molar-refractivity contribution in [2.75, 3.05) is 23.0 Å². The molecular formula is C9H27N5O6S4. The van der Waals surface area contributed by atoms with Crippen molar-refractivity contribution in [1.29, 1.82) is 5.41 Å². The van der Waals surface area contributed by atoms with Crippen molar-refractivity contribution in [3.8, 4) is 0 Å². The zero-order valence-electron chi connectivity index (χ0n) is 13.0. The summed E-state index contributed by atoms with van der Waals surface area (Å²) in [5.74, 6) is 0.437. The molecule has 0 radical (unpaired) electrons. The lowest BCUT2D eigenvalue weighted by molar-refractivity contribution is 0.480. The molecule has 11 nitrogen and oxygen atoms in total. The fraction of sp³-hybridized carbons (Fsp3) is 0.667. The minimum Gasteiger partial charge on any atom is -0.386 e. The summed E-state index contributed by atoms with van der Waals surface area (Å²) in [7, 11) is -7.47. The molecule has 0 aromatic carbocycles. The van der Waals surface area contributed by atoms with Crippen molar-refractivity contribution in [2.24, 2.45) is 22.9 Å². The molecule has 11 N–H and O–H groups in total. The van der Waals surface area contributed by atoms with Crippen LogP contribution in [0.15, 0.2) is 12.4 Å². The van der Waals surface area contributed by atoms with Crippen LogP contribution in [0.2, 0.25) is 0 Å². The van der Waals surface area contributed by atoms with Crippen molar-refractivity contribution in [3.63, 3.8) is 0 Å². The molecule has 0 fully saturated rings. The van der Waals surface area contributed by atoms with Crippen LogP contribution in [-0.4, -0.2) is 54.9 Å². The Morgan fingerprint density at radius 1 is 0.875 bits per heavy atom. The predicted octanol–water partition coefficient (Wildman–Crippen LogP) is -1.40. The van der Waals surface area contributed by atoms with Gasteiger partial charge in [0.1, 0.15) is 0 Å². The molecule has 0 aromatic rings. The Morgan fingerprint density at radius 2 is 1.04 bits per heavy atom. The van der Waals surface area contributed by atoms with E-state index in [1.54, 1.807) is 0 Å². The highest BCUT2D eigenvalue weighted by Gasteiger charge is 2.01. The van der Waals surface area contributed by atoms with Crippen LogP contribution in [0.5, 0.6) is 0 Å². The Balaban J connectivity index is -0.000000117. The second-order valence-corrected chi connectivity index (χ2v) is 7.80. The summed E-state index contributed by atoms with van der Waals surface area (Å²) in [6.07, 6.45) is 0.809. The third-order valence-electron chi connectivity index (χ3n) is 1.12. The topological polar surface area (TPSA) is 237 Å². The summed E-state index contributed by atoms with van der Waals surface area (Å²) in [5, 5.41) is 6.06. The van der Waals surface area contributed by atoms with E-state index in [0.29, 0.717) is 24.3 Å². The van der Waals surface area contributed by atoms with E-state index in [1.165, 1.54) is 0 Å². The smallest absolute Gasteiger partial charge is 0.264 e. The number of nitrogens with one attached hydrogen (secondary N) is 1. The first-order valence-electron chi connectivity index (χ1n) is 6.00. The van der Waals surface area contributed by atoms with E-state index < -0.39 is 20.2 Å². The molecule has 15 heteroatoms. The van der Waals surface area contributed by atoms with Gasteiger partial charge in [-0.05, 0) is 24.3 Å². The minimum absolute atomic E-state index is 0.167. The van der Waals surface area contributed by atoms with E-state index in [2.05, 4.69) is 43.3 Å². The lowest BCUT2D eigenvalue weighted by atomic mass is 10.6. The van der Waals surface area contributed by atoms with Gasteiger partial charge in [-0.1, -0.05) is 6.58 Å². The molecule has 0 aliphatic heterocycles. The molecule has 0 aliphatic rings. The van der Waals surface area contributed by atoms with E-state index in [-0.39, 0.29) is 23.3 Å². The quantitative estimate of drug-likeness (QED) is 0.103. The van der Waals surface area contributed by atoms with Gasteiger partial charge < -0.3 is 22.9 Å². The van der Waals surface area contributed by atoms with Crippen molar-refractivity contribution in [1.82, 2.24) is 0 Å². The normalized spacial score (nSPS) is 9.83. The van der Waals surface area contributed by atoms with Gasteiger partial charge in [0.2, 0.25) is 0 Å². The van der Waals surface area contributed by atoms with E-state index in [9.17, 15) is 16.8 Å². The maximum absolute atomic E-state index is 9.91. The first kappa shape index (κ1) is 31.0. The van der Waals surface area contributed by atoms with Gasteiger partial charge in [0.15, 0.2) is 5.96 Å². The van der Waals surface area contributed by atoms with Gasteiger partial charge in [0.05, 0.1) is 17.3 Å². The second-order valence-electron chi connectivity index (χ2n) is 3.76. The summed E-state index contributed by atoms with van der Waals surface area (Å²) in [6.45, 7) is 3.11. The molecule has 0 unspecified atom stereocenters. The van der Waals surface area contributed by atoms with Crippen LogP contribution in [0.25, 0.3) is 0 Å². The highest BCUT2D eigenvalue weighted by atomic mass is 32.2. The summed E-state index contributed by atoms with van der Waals surface area (Å²) >= 11 is 7.51. The molecule has 0 atom stereocenters. The number of hydrogen-bond donors (Lipinski definition) is 9. The van der Waals surface area contributed by atoms with Gasteiger partial charge in [-0.15, -0.1) is 0 Å². The first-order valence-corrected chi connectivity index (χ1v) is 10.5. The van der Waals surface area contributed by atoms with Crippen LogP contribution in [0.3, 0.4) is 0 Å². The zero-order valence-corrected chi connectivity index (χ0v) is 16.4. The standard InChI is InChI=1S/2C3H8O3S2.C2H6N2.CH5N3/c2*4-8(5,6)3-1-2-7;1-2(3)4;2-1(3)4/h2*7H,1-3H2,(H,4,5,6);1,3-4H2;(H5,2,3,4). The van der Waals surface area contributed by atoms with Gasteiger partial charge in [0.25, 0.3) is 20.2 Å². The number of nitrogens with two attached hydrogens (primary N) is 4. The summed E-state index contributed by atoms with van der Waals surface area (Å²) in [5.41, 5.74) is 18.3. The molecule has 0 aliphatic carbocycles. The molecule has 148 valence electrons. The number of hydrogen-bond acceptors (Lipinski definition) is 9. The third-order valence-corrected chi connectivity index (χ3v) is 3.36. The summed E-state index contributed by atoms with van der Waals surface area (Å²) in [6, 6.07) is 0. The second kappa shape index (κ2) is 18.5. The van der Waals surface area contributed by atoms with Crippen LogP contribution in [0.1, 0.15) is 12.8 Å². The molecule has 0 bridgehead atoms. The van der Waals surface area contributed by atoms with Gasteiger partial charge in [-0.25, -0.2) is 0 Å². The summed E-state index contributed by atoms with van der Waals surface area (Å²) < 4.78 is 55.8. The Morgan fingerprint density at radius 3 is 1.08 bits per heavy atom. The molecule has 0 aromatic heterocycles. The molecule has 0 amide bonds. The highest BCUT2D eigenvalue weighted by molar-refractivity contribution is 7.86. The van der Waals surface area contributed by atoms with Gasteiger partial charge in [-0.3, -0.25) is 14.5 Å². The Kier molecular flexibility index (Phi) is 23.8. The maximum atomic E-state index is 9.91. The highest BCUT2D eigenvalue weighted by Crippen LogP contribution is 1.89. The van der Waals surface area contributed by atoms with E-state index in [0.717, 1.165) is 0 Å². The van der Waals surface area contributed by atoms with Crippen LogP contribution in [0.4, 0.5) is 0 Å². The molecule has 0 saturated heterocycles. The fourth-order valence-corrected chi connectivity index (χ4v) is 2.26. The van der Waals surface area contributed by atoms with Gasteiger partial charge >= 0.3 is 0 Å². The Bertz CT molecular complexity index is 467. The van der Waals surface area contributed by atoms with Crippen LogP contribution >= 0.6 is 25.3 Å². The largest absolute Gasteiger partial charge is 0.386 e. The minimum atomic E-state index is -3.74. The van der Waals surface area contributed by atoms with Crippen molar-refractivity contribution >= 4 is 51.5 Å². The number of rotatable bonds is 6. The molecular weight excluding hydrogens is 402 g/mol.